The van der Waals surface area contributed by atoms with Crippen LogP contribution in [0, 0.1) is 5.82 Å². The van der Waals surface area contributed by atoms with E-state index >= 15 is 0 Å². The fourth-order valence-corrected chi connectivity index (χ4v) is 5.45. The highest BCUT2D eigenvalue weighted by molar-refractivity contribution is 7.89. The van der Waals surface area contributed by atoms with Crippen molar-refractivity contribution in [2.45, 2.75) is 30.4 Å². The lowest BCUT2D eigenvalue weighted by molar-refractivity contribution is 0.0962. The molecule has 7 nitrogen and oxygen atoms in total. The van der Waals surface area contributed by atoms with Gasteiger partial charge >= 0.3 is 0 Å². The van der Waals surface area contributed by atoms with Crippen molar-refractivity contribution < 1.29 is 22.3 Å². The first kappa shape index (κ1) is 20.7. The van der Waals surface area contributed by atoms with Gasteiger partial charge in [-0.3, -0.25) is 15.6 Å². The van der Waals surface area contributed by atoms with E-state index in [0.29, 0.717) is 26.2 Å². The summed E-state index contributed by atoms with van der Waals surface area (Å²) >= 11 is 1.18. The van der Waals surface area contributed by atoms with Gasteiger partial charge < -0.3 is 4.74 Å². The Hall–Kier alpha value is -2.53. The van der Waals surface area contributed by atoms with Crippen LogP contribution in [-0.2, 0) is 21.4 Å². The number of methoxy groups -OCH3 is 1. The number of carbonyl (C=O) groups excluding carboxylic acids is 1. The molecule has 1 amide bonds. The summed E-state index contributed by atoms with van der Waals surface area (Å²) in [7, 11) is -2.05. The molecule has 30 heavy (non-hydrogen) atoms. The van der Waals surface area contributed by atoms with Gasteiger partial charge in [0.2, 0.25) is 10.0 Å². The molecule has 0 aliphatic heterocycles. The third-order valence-corrected chi connectivity index (χ3v) is 7.37. The van der Waals surface area contributed by atoms with Gasteiger partial charge in [-0.05, 0) is 49.2 Å². The van der Waals surface area contributed by atoms with Crippen molar-refractivity contribution in [3.8, 4) is 0 Å². The van der Waals surface area contributed by atoms with Crippen LogP contribution in [0.15, 0.2) is 47.4 Å². The molecule has 1 saturated carbocycles. The third kappa shape index (κ3) is 4.31. The Morgan fingerprint density at radius 2 is 1.93 bits per heavy atom. The average molecular weight is 450 g/mol. The number of halogens is 1. The molecule has 1 aromatic heterocycles. The Labute approximate surface area is 177 Å². The molecule has 0 unspecified atom stereocenters. The number of hydrogen-bond donors (Lipinski definition) is 3. The van der Waals surface area contributed by atoms with Gasteiger partial charge in [0.25, 0.3) is 5.91 Å². The van der Waals surface area contributed by atoms with Crippen molar-refractivity contribution in [3.63, 3.8) is 0 Å². The Morgan fingerprint density at radius 3 is 2.60 bits per heavy atom. The van der Waals surface area contributed by atoms with Crippen LogP contribution < -0.4 is 15.6 Å². The van der Waals surface area contributed by atoms with Crippen LogP contribution in [-0.4, -0.2) is 27.5 Å². The molecule has 0 atom stereocenters. The van der Waals surface area contributed by atoms with Gasteiger partial charge in [-0.1, -0.05) is 6.07 Å². The van der Waals surface area contributed by atoms with Gasteiger partial charge in [0.1, 0.15) is 10.7 Å². The van der Waals surface area contributed by atoms with E-state index in [9.17, 15) is 17.6 Å². The first-order valence-electron chi connectivity index (χ1n) is 9.26. The third-order valence-electron chi connectivity index (χ3n) is 4.64. The second kappa shape index (κ2) is 8.31. The molecule has 0 radical (unpaired) electrons. The van der Waals surface area contributed by atoms with E-state index in [2.05, 4.69) is 15.6 Å². The lowest BCUT2D eigenvalue weighted by Gasteiger charge is -2.10. The number of rotatable bonds is 8. The number of hydrogen-bond acceptors (Lipinski definition) is 6. The second-order valence-electron chi connectivity index (χ2n) is 6.95. The lowest BCUT2D eigenvalue weighted by Crippen LogP contribution is -2.29. The van der Waals surface area contributed by atoms with E-state index in [4.69, 9.17) is 4.74 Å². The van der Waals surface area contributed by atoms with Crippen molar-refractivity contribution in [2.24, 2.45) is 0 Å². The summed E-state index contributed by atoms with van der Waals surface area (Å²) in [5, 5.41) is 0.382. The summed E-state index contributed by atoms with van der Waals surface area (Å²) in [5.41, 5.74) is 6.33. The zero-order chi connectivity index (χ0) is 21.3. The van der Waals surface area contributed by atoms with Crippen LogP contribution in [0.4, 0.5) is 10.1 Å². The SMILES string of the molecule is COCc1c(C(=O)NNc2ccc(S(=O)(=O)NC3CC3)cc2)sc2cccc(F)c12. The number of sulfonamides is 1. The Bertz CT molecular complexity index is 1190. The van der Waals surface area contributed by atoms with Gasteiger partial charge in [-0.25, -0.2) is 17.5 Å². The maximum atomic E-state index is 14.3. The van der Waals surface area contributed by atoms with Crippen molar-refractivity contribution in [3.05, 3.63) is 58.7 Å². The highest BCUT2D eigenvalue weighted by atomic mass is 32.2. The molecule has 1 aliphatic carbocycles. The van der Waals surface area contributed by atoms with Crippen molar-refractivity contribution in [1.29, 1.82) is 0 Å². The van der Waals surface area contributed by atoms with Crippen LogP contribution >= 0.6 is 11.3 Å². The molecule has 1 aliphatic rings. The maximum absolute atomic E-state index is 14.3. The van der Waals surface area contributed by atoms with E-state index in [1.54, 1.807) is 24.3 Å². The smallest absolute Gasteiger partial charge is 0.280 e. The normalized spacial score (nSPS) is 14.1. The van der Waals surface area contributed by atoms with Crippen LogP contribution in [0.1, 0.15) is 28.1 Å². The number of anilines is 1. The first-order valence-corrected chi connectivity index (χ1v) is 11.6. The van der Waals surface area contributed by atoms with Crippen molar-refractivity contribution >= 4 is 43.0 Å². The molecule has 1 heterocycles. The minimum absolute atomic E-state index is 0.0273. The van der Waals surface area contributed by atoms with E-state index < -0.39 is 21.7 Å². The van der Waals surface area contributed by atoms with Gasteiger partial charge in [0.15, 0.2) is 0 Å². The molecule has 4 rings (SSSR count). The summed E-state index contributed by atoms with van der Waals surface area (Å²) in [6.45, 7) is 0.101. The van der Waals surface area contributed by atoms with E-state index in [-0.39, 0.29) is 17.5 Å². The molecule has 0 saturated heterocycles. The highest BCUT2D eigenvalue weighted by Crippen LogP contribution is 2.33. The lowest BCUT2D eigenvalue weighted by atomic mass is 10.1. The number of thiophene rings is 1. The van der Waals surface area contributed by atoms with Crippen LogP contribution in [0.25, 0.3) is 10.1 Å². The molecular formula is C20H20FN3O4S2. The molecule has 0 bridgehead atoms. The van der Waals surface area contributed by atoms with Gasteiger partial charge in [0.05, 0.1) is 17.2 Å². The number of fused-ring (bicyclic) bond motifs is 1. The number of ether oxygens (including phenoxy) is 1. The molecule has 3 N–H and O–H groups in total. The molecule has 1 fully saturated rings. The Kier molecular flexibility index (Phi) is 5.74. The van der Waals surface area contributed by atoms with Crippen LogP contribution in [0.2, 0.25) is 0 Å². The van der Waals surface area contributed by atoms with Gasteiger partial charge in [-0.2, -0.15) is 0 Å². The minimum atomic E-state index is -3.53. The highest BCUT2D eigenvalue weighted by Gasteiger charge is 2.28. The average Bonchev–Trinajstić information content (AvgIpc) is 3.45. The number of amides is 1. The summed E-state index contributed by atoms with van der Waals surface area (Å²) < 4.78 is 47.1. The molecule has 2 aromatic carbocycles. The first-order chi connectivity index (χ1) is 14.4. The van der Waals surface area contributed by atoms with Crippen molar-refractivity contribution in [1.82, 2.24) is 10.1 Å². The molecule has 0 spiro atoms. The molecule has 158 valence electrons. The predicted molar refractivity (Wildman–Crippen MR) is 113 cm³/mol. The number of hydrazine groups is 1. The largest absolute Gasteiger partial charge is 0.380 e. The standard InChI is InChI=1S/C20H20FN3O4S2/c1-28-11-15-18-16(21)3-2-4-17(18)29-19(15)20(25)23-22-12-7-9-14(10-8-12)30(26,27)24-13-5-6-13/h2-4,7-10,13,22,24H,5-6,11H2,1H3,(H,23,25). The zero-order valence-corrected chi connectivity index (χ0v) is 17.7. The second-order valence-corrected chi connectivity index (χ2v) is 9.72. The zero-order valence-electron chi connectivity index (χ0n) is 16.1. The summed E-state index contributed by atoms with van der Waals surface area (Å²) in [4.78, 5) is 13.2. The van der Waals surface area contributed by atoms with Gasteiger partial charge in [0, 0.05) is 28.8 Å². The Balaban J connectivity index is 1.48. The number of nitrogens with one attached hydrogen (secondary N) is 3. The number of benzene rings is 2. The van der Waals surface area contributed by atoms with Gasteiger partial charge in [-0.15, -0.1) is 11.3 Å². The maximum Gasteiger partial charge on any atom is 0.280 e. The molecule has 3 aromatic rings. The predicted octanol–water partition coefficient (Wildman–Crippen LogP) is 3.38. The summed E-state index contributed by atoms with van der Waals surface area (Å²) in [6.07, 6.45) is 1.72. The molecule has 10 heteroatoms. The number of carbonyl (C=O) groups is 1. The van der Waals surface area contributed by atoms with Crippen LogP contribution in [0.3, 0.4) is 0 Å². The minimum Gasteiger partial charge on any atom is -0.380 e. The fourth-order valence-electron chi connectivity index (χ4n) is 3.02. The summed E-state index contributed by atoms with van der Waals surface area (Å²) in [5.74, 6) is -0.839. The molecular weight excluding hydrogens is 429 g/mol. The van der Waals surface area contributed by atoms with E-state index in [1.807, 2.05) is 0 Å². The Morgan fingerprint density at radius 1 is 1.20 bits per heavy atom. The summed E-state index contributed by atoms with van der Waals surface area (Å²) in [6, 6.07) is 10.8. The van der Waals surface area contributed by atoms with Crippen molar-refractivity contribution in [2.75, 3.05) is 12.5 Å². The quantitative estimate of drug-likeness (QED) is 0.458. The van der Waals surface area contributed by atoms with E-state index in [1.165, 1.54) is 36.6 Å². The van der Waals surface area contributed by atoms with Crippen LogP contribution in [0.5, 0.6) is 0 Å². The van der Waals surface area contributed by atoms with E-state index in [0.717, 1.165) is 12.8 Å². The monoisotopic (exact) mass is 449 g/mol. The fraction of sp³-hybridized carbons (Fsp3) is 0.250. The topological polar surface area (TPSA) is 96.5 Å².